The predicted octanol–water partition coefficient (Wildman–Crippen LogP) is 2.01. The molecule has 25 heavy (non-hydrogen) atoms. The van der Waals surface area contributed by atoms with E-state index in [2.05, 4.69) is 56.0 Å². The number of likely N-dealkylation sites (N-methyl/N-ethyl adjacent to an activating group) is 1. The summed E-state index contributed by atoms with van der Waals surface area (Å²) in [6.07, 6.45) is 12.0. The second-order valence-corrected chi connectivity index (χ2v) is 6.76. The van der Waals surface area contributed by atoms with Crippen LogP contribution >= 0.6 is 0 Å². The summed E-state index contributed by atoms with van der Waals surface area (Å²) in [5.41, 5.74) is 2.00. The number of hydrogen-bond donors (Lipinski definition) is 1. The Balaban J connectivity index is 1.80. The molecule has 0 radical (unpaired) electrons. The fourth-order valence-corrected chi connectivity index (χ4v) is 2.88. The number of amidine groups is 1. The van der Waals surface area contributed by atoms with Gasteiger partial charge in [-0.1, -0.05) is 11.5 Å². The molecular formula is C19H26N6. The average Bonchev–Trinajstić information content (AvgIpc) is 3.47. The van der Waals surface area contributed by atoms with Crippen LogP contribution in [0.2, 0.25) is 0 Å². The molecular weight excluding hydrogens is 312 g/mol. The van der Waals surface area contributed by atoms with Gasteiger partial charge in [-0.15, -0.1) is 6.42 Å². The molecule has 2 fully saturated rings. The third-order valence-corrected chi connectivity index (χ3v) is 4.79. The van der Waals surface area contributed by atoms with E-state index in [1.54, 1.807) is 13.2 Å². The summed E-state index contributed by atoms with van der Waals surface area (Å²) in [6, 6.07) is 0. The summed E-state index contributed by atoms with van der Waals surface area (Å²) in [5, 5.41) is 3.29. The van der Waals surface area contributed by atoms with Gasteiger partial charge >= 0.3 is 0 Å². The van der Waals surface area contributed by atoms with Crippen LogP contribution in [0.15, 0.2) is 22.8 Å². The van der Waals surface area contributed by atoms with Crippen LogP contribution in [0.5, 0.6) is 0 Å². The first kappa shape index (κ1) is 17.4. The summed E-state index contributed by atoms with van der Waals surface area (Å²) in [6.45, 7) is 6.01. The maximum absolute atomic E-state index is 5.63. The average molecular weight is 338 g/mol. The number of nitrogens with zero attached hydrogens (tertiary/aromatic N) is 5. The van der Waals surface area contributed by atoms with E-state index >= 15 is 0 Å². The molecule has 6 heteroatoms. The molecule has 1 saturated heterocycles. The van der Waals surface area contributed by atoms with E-state index in [0.717, 1.165) is 32.0 Å². The van der Waals surface area contributed by atoms with Crippen molar-refractivity contribution in [3.8, 4) is 12.3 Å². The lowest BCUT2D eigenvalue weighted by molar-refractivity contribution is 0.311. The topological polar surface area (TPSA) is 56.7 Å². The number of hydrogen-bond acceptors (Lipinski definition) is 5. The van der Waals surface area contributed by atoms with Gasteiger partial charge in [-0.25, -0.2) is 4.98 Å². The Kier molecular flexibility index (Phi) is 5.34. The van der Waals surface area contributed by atoms with E-state index in [4.69, 9.17) is 6.42 Å². The second-order valence-electron chi connectivity index (χ2n) is 6.76. The van der Waals surface area contributed by atoms with Crippen molar-refractivity contribution in [2.45, 2.75) is 19.8 Å². The molecule has 0 unspecified atom stereocenters. The molecule has 132 valence electrons. The van der Waals surface area contributed by atoms with Gasteiger partial charge in [-0.05, 0) is 38.8 Å². The van der Waals surface area contributed by atoms with E-state index in [-0.39, 0.29) is 0 Å². The summed E-state index contributed by atoms with van der Waals surface area (Å²) >= 11 is 0. The fourth-order valence-electron chi connectivity index (χ4n) is 2.88. The molecule has 6 nitrogen and oxygen atoms in total. The summed E-state index contributed by atoms with van der Waals surface area (Å²) in [5.74, 6) is 5.51. The monoisotopic (exact) mass is 338 g/mol. The largest absolute Gasteiger partial charge is 0.338 e. The van der Waals surface area contributed by atoms with Crippen molar-refractivity contribution in [3.63, 3.8) is 0 Å². The number of nitrogens with one attached hydrogen (secondary N) is 1. The smallest absolute Gasteiger partial charge is 0.227 e. The van der Waals surface area contributed by atoms with Crippen molar-refractivity contribution in [2.24, 2.45) is 10.9 Å². The first-order valence-corrected chi connectivity index (χ1v) is 8.80. The van der Waals surface area contributed by atoms with E-state index in [1.807, 2.05) is 0 Å². The van der Waals surface area contributed by atoms with Gasteiger partial charge < -0.3 is 15.1 Å². The van der Waals surface area contributed by atoms with Gasteiger partial charge in [0.05, 0.1) is 11.8 Å². The minimum Gasteiger partial charge on any atom is -0.338 e. The molecule has 0 amide bonds. The molecule has 1 aliphatic heterocycles. The third kappa shape index (κ3) is 4.37. The van der Waals surface area contributed by atoms with Gasteiger partial charge in [0, 0.05) is 33.2 Å². The van der Waals surface area contributed by atoms with Crippen LogP contribution in [0.1, 0.15) is 25.3 Å². The van der Waals surface area contributed by atoms with Crippen molar-refractivity contribution >= 4 is 17.6 Å². The molecule has 1 N–H and O–H groups in total. The van der Waals surface area contributed by atoms with Crippen molar-refractivity contribution in [2.75, 3.05) is 50.5 Å². The number of rotatable bonds is 4. The van der Waals surface area contributed by atoms with Gasteiger partial charge in [0.1, 0.15) is 5.84 Å². The normalized spacial score (nSPS) is 19.7. The van der Waals surface area contributed by atoms with E-state index in [1.165, 1.54) is 18.4 Å². The Hall–Kier alpha value is -2.39. The Morgan fingerprint density at radius 2 is 2.08 bits per heavy atom. The van der Waals surface area contributed by atoms with Crippen molar-refractivity contribution in [3.05, 3.63) is 23.4 Å². The molecule has 1 aromatic rings. The minimum atomic E-state index is 0.645. The van der Waals surface area contributed by atoms with Crippen LogP contribution in [-0.2, 0) is 0 Å². The maximum Gasteiger partial charge on any atom is 0.227 e. The second kappa shape index (κ2) is 7.66. The van der Waals surface area contributed by atoms with Crippen molar-refractivity contribution < 1.29 is 0 Å². The van der Waals surface area contributed by atoms with Crippen molar-refractivity contribution in [1.82, 2.24) is 14.9 Å². The van der Waals surface area contributed by atoms with Crippen LogP contribution < -0.4 is 10.2 Å². The Bertz CT molecular complexity index is 718. The van der Waals surface area contributed by atoms with Crippen LogP contribution in [0.4, 0.5) is 11.8 Å². The number of anilines is 2. The van der Waals surface area contributed by atoms with Crippen LogP contribution in [-0.4, -0.2) is 61.0 Å². The SMILES string of the molecule is C#Cc1cnc(N2CCN(C)CC2)nc1NC(/C=C(\C)C1CC1)=NC. The standard InChI is InChI=1S/C19H26N6/c1-5-15-13-21-19(25-10-8-24(4)9-11-25)23-18(15)22-17(20-3)12-14(2)16-6-7-16/h1,12-13,16H,6-11H2,2-4H3,(H,20,21,22,23)/b14-12+. The van der Waals surface area contributed by atoms with Gasteiger partial charge in [0.15, 0.2) is 5.82 Å². The van der Waals surface area contributed by atoms with Gasteiger partial charge in [-0.2, -0.15) is 4.98 Å². The highest BCUT2D eigenvalue weighted by Gasteiger charge is 2.23. The van der Waals surface area contributed by atoms with E-state index < -0.39 is 0 Å². The lowest BCUT2D eigenvalue weighted by atomic mass is 10.2. The number of piperazine rings is 1. The Morgan fingerprint density at radius 1 is 1.36 bits per heavy atom. The fraction of sp³-hybridized carbons (Fsp3) is 0.526. The van der Waals surface area contributed by atoms with Crippen molar-refractivity contribution in [1.29, 1.82) is 0 Å². The zero-order valence-corrected chi connectivity index (χ0v) is 15.3. The lowest BCUT2D eigenvalue weighted by Gasteiger charge is -2.32. The molecule has 0 spiro atoms. The van der Waals surface area contributed by atoms with Crippen LogP contribution in [0, 0.1) is 18.3 Å². The quantitative estimate of drug-likeness (QED) is 0.517. The highest BCUT2D eigenvalue weighted by atomic mass is 15.3. The van der Waals surface area contributed by atoms with E-state index in [0.29, 0.717) is 23.2 Å². The number of terminal acetylenes is 1. The summed E-state index contributed by atoms with van der Waals surface area (Å²) in [4.78, 5) is 18.0. The predicted molar refractivity (Wildman–Crippen MR) is 103 cm³/mol. The van der Waals surface area contributed by atoms with Gasteiger partial charge in [-0.3, -0.25) is 4.99 Å². The molecule has 2 heterocycles. The first-order valence-electron chi connectivity index (χ1n) is 8.80. The number of aromatic nitrogens is 2. The molecule has 1 saturated carbocycles. The highest BCUT2D eigenvalue weighted by molar-refractivity contribution is 6.04. The van der Waals surface area contributed by atoms with Crippen LogP contribution in [0.3, 0.4) is 0 Å². The van der Waals surface area contributed by atoms with Gasteiger partial charge in [0.2, 0.25) is 5.95 Å². The molecule has 0 aromatic carbocycles. The molecule has 3 rings (SSSR count). The zero-order valence-electron chi connectivity index (χ0n) is 15.3. The molecule has 0 bridgehead atoms. The lowest BCUT2D eigenvalue weighted by Crippen LogP contribution is -2.45. The molecule has 0 atom stereocenters. The summed E-state index contributed by atoms with van der Waals surface area (Å²) < 4.78 is 0. The maximum atomic E-state index is 5.63. The zero-order chi connectivity index (χ0) is 17.8. The Labute approximate surface area is 150 Å². The summed E-state index contributed by atoms with van der Waals surface area (Å²) in [7, 11) is 3.91. The van der Waals surface area contributed by atoms with Crippen LogP contribution in [0.25, 0.3) is 0 Å². The van der Waals surface area contributed by atoms with E-state index in [9.17, 15) is 0 Å². The first-order chi connectivity index (χ1) is 12.1. The van der Waals surface area contributed by atoms with Gasteiger partial charge in [0.25, 0.3) is 0 Å². The number of allylic oxidation sites excluding steroid dienone is 1. The molecule has 1 aromatic heterocycles. The highest BCUT2D eigenvalue weighted by Crippen LogP contribution is 2.36. The number of aliphatic imine (C=N–C) groups is 1. The minimum absolute atomic E-state index is 0.645. The Morgan fingerprint density at radius 3 is 2.68 bits per heavy atom. The third-order valence-electron chi connectivity index (χ3n) is 4.79. The molecule has 2 aliphatic rings. The molecule has 1 aliphatic carbocycles.